The highest BCUT2D eigenvalue weighted by Gasteiger charge is 2.40. The van der Waals surface area contributed by atoms with E-state index in [0.717, 1.165) is 10.9 Å². The predicted molar refractivity (Wildman–Crippen MR) is 222 cm³/mol. The van der Waals surface area contributed by atoms with E-state index in [2.05, 4.69) is 42.2 Å². The van der Waals surface area contributed by atoms with Crippen LogP contribution in [0.3, 0.4) is 0 Å². The second-order valence-corrected chi connectivity index (χ2v) is 17.4. The highest BCUT2D eigenvalue weighted by atomic mass is 33.1. The van der Waals surface area contributed by atoms with Gasteiger partial charge in [-0.25, -0.2) is 0 Å². The molecule has 4 heterocycles. The number of amides is 8. The summed E-state index contributed by atoms with van der Waals surface area (Å²) in [6, 6.07) is 0.901. The van der Waals surface area contributed by atoms with Crippen molar-refractivity contribution in [1.82, 2.24) is 47.1 Å². The average molecular weight is 873 g/mol. The maximum Gasteiger partial charge on any atom is 0.305 e. The molecule has 20 nitrogen and oxygen atoms in total. The van der Waals surface area contributed by atoms with E-state index in [-0.39, 0.29) is 62.1 Å². The summed E-state index contributed by atoms with van der Waals surface area (Å²) >= 11 is 0. The number of rotatable bonds is 9. The molecule has 326 valence electrons. The third-order valence-corrected chi connectivity index (χ3v) is 12.9. The van der Waals surface area contributed by atoms with Crippen LogP contribution in [0.25, 0.3) is 10.9 Å². The molecule has 2 aromatic rings. The Balaban J connectivity index is 1.37. The second-order valence-electron chi connectivity index (χ2n) is 14.8. The Morgan fingerprint density at radius 1 is 0.867 bits per heavy atom. The highest BCUT2D eigenvalue weighted by molar-refractivity contribution is 8.76. The summed E-state index contributed by atoms with van der Waals surface area (Å²) in [5.41, 5.74) is 7.04. The molecule has 60 heavy (non-hydrogen) atoms. The molecule has 0 aliphatic carbocycles. The summed E-state index contributed by atoms with van der Waals surface area (Å²) in [5.74, 6) is -6.83. The lowest BCUT2D eigenvalue weighted by atomic mass is 9.97. The van der Waals surface area contributed by atoms with Crippen LogP contribution in [0.2, 0.25) is 0 Å². The first-order valence-corrected chi connectivity index (χ1v) is 22.4. The minimum absolute atomic E-state index is 0.0221. The number of primary amides is 1. The number of nitrogens with two attached hydrogens (primary N) is 1. The van der Waals surface area contributed by atoms with Crippen LogP contribution < -0.4 is 43.0 Å². The van der Waals surface area contributed by atoms with Gasteiger partial charge in [-0.2, -0.15) is 0 Å². The first kappa shape index (κ1) is 45.7. The molecule has 0 bridgehead atoms. The van der Waals surface area contributed by atoms with Gasteiger partial charge < -0.3 is 57.9 Å². The first-order valence-electron chi connectivity index (χ1n) is 19.9. The van der Waals surface area contributed by atoms with E-state index in [4.69, 9.17) is 5.73 Å². The Labute approximate surface area is 353 Å². The van der Waals surface area contributed by atoms with Crippen molar-refractivity contribution in [2.75, 3.05) is 44.2 Å². The molecule has 1 aromatic carbocycles. The number of hydrogen-bond donors (Lipinski definition) is 10. The van der Waals surface area contributed by atoms with Crippen LogP contribution >= 0.6 is 21.6 Å². The molecular formula is C38H52N10O10S2. The number of nitrogens with one attached hydrogen (secondary N) is 8. The van der Waals surface area contributed by atoms with E-state index in [1.807, 2.05) is 18.2 Å². The van der Waals surface area contributed by atoms with E-state index >= 15 is 0 Å². The van der Waals surface area contributed by atoms with Crippen molar-refractivity contribution in [3.8, 4) is 0 Å². The average Bonchev–Trinajstić information content (AvgIpc) is 3.89. The molecule has 22 heteroatoms. The monoisotopic (exact) mass is 872 g/mol. The summed E-state index contributed by atoms with van der Waals surface area (Å²) in [5, 5.41) is 29.1. The minimum Gasteiger partial charge on any atom is -0.481 e. The van der Waals surface area contributed by atoms with E-state index in [0.29, 0.717) is 37.9 Å². The van der Waals surface area contributed by atoms with Crippen molar-refractivity contribution in [3.63, 3.8) is 0 Å². The van der Waals surface area contributed by atoms with Gasteiger partial charge in [-0.05, 0) is 56.8 Å². The molecule has 0 radical (unpaired) electrons. The zero-order valence-electron chi connectivity index (χ0n) is 32.9. The Hall–Kier alpha value is -5.35. The fourth-order valence-electron chi connectivity index (χ4n) is 7.29. The quantitative estimate of drug-likeness (QED) is 0.122. The van der Waals surface area contributed by atoms with Crippen LogP contribution in [0.15, 0.2) is 30.5 Å². The highest BCUT2D eigenvalue weighted by Crippen LogP contribution is 2.25. The number of carboxylic acid groups (broad SMARTS) is 1. The van der Waals surface area contributed by atoms with E-state index in [9.17, 15) is 48.3 Å². The molecule has 3 fully saturated rings. The third kappa shape index (κ3) is 13.1. The Morgan fingerprint density at radius 2 is 1.62 bits per heavy atom. The zero-order chi connectivity index (χ0) is 43.2. The number of nitrogens with zero attached hydrogens (tertiary/aromatic N) is 1. The van der Waals surface area contributed by atoms with Gasteiger partial charge in [0, 0.05) is 60.5 Å². The number of hydrogen-bond acceptors (Lipinski definition) is 12. The van der Waals surface area contributed by atoms with Gasteiger partial charge in [0.25, 0.3) is 0 Å². The Morgan fingerprint density at radius 3 is 2.37 bits per heavy atom. The summed E-state index contributed by atoms with van der Waals surface area (Å²) in [6.07, 6.45) is 2.64. The lowest BCUT2D eigenvalue weighted by molar-refractivity contribution is -0.143. The number of carbonyl (C=O) groups is 9. The molecule has 3 aliphatic rings. The normalized spacial score (nSPS) is 24.9. The van der Waals surface area contributed by atoms with Crippen LogP contribution in [0.5, 0.6) is 0 Å². The fourth-order valence-corrected chi connectivity index (χ4v) is 9.46. The summed E-state index contributed by atoms with van der Waals surface area (Å²) in [4.78, 5) is 123. The van der Waals surface area contributed by atoms with Crippen LogP contribution in [0, 0.1) is 5.92 Å². The summed E-state index contributed by atoms with van der Waals surface area (Å²) < 4.78 is 0. The van der Waals surface area contributed by atoms with Gasteiger partial charge in [0.2, 0.25) is 47.3 Å². The van der Waals surface area contributed by atoms with Crippen LogP contribution in [0.4, 0.5) is 0 Å². The molecule has 11 N–H and O–H groups in total. The number of carbonyl (C=O) groups excluding carboxylic acids is 8. The van der Waals surface area contributed by atoms with Crippen molar-refractivity contribution < 1.29 is 48.3 Å². The van der Waals surface area contributed by atoms with Gasteiger partial charge in [-0.1, -0.05) is 39.8 Å². The molecule has 1 unspecified atom stereocenters. The second kappa shape index (κ2) is 22.3. The van der Waals surface area contributed by atoms with Gasteiger partial charge in [0.05, 0.1) is 13.0 Å². The van der Waals surface area contributed by atoms with Gasteiger partial charge in [0.1, 0.15) is 30.2 Å². The predicted octanol–water partition coefficient (Wildman–Crippen LogP) is -1.99. The molecule has 3 aliphatic heterocycles. The molecule has 5 atom stereocenters. The number of carboxylic acids is 1. The zero-order valence-corrected chi connectivity index (χ0v) is 34.6. The molecule has 3 saturated heterocycles. The number of piperidine rings is 1. The van der Waals surface area contributed by atoms with Crippen LogP contribution in [-0.2, 0) is 49.6 Å². The number of aromatic amines is 1. The number of aromatic nitrogens is 1. The Kier molecular flexibility index (Phi) is 17.0. The van der Waals surface area contributed by atoms with Crippen LogP contribution in [-0.4, -0.2) is 143 Å². The van der Waals surface area contributed by atoms with E-state index < -0.39 is 90.5 Å². The molecule has 0 saturated carbocycles. The smallest absolute Gasteiger partial charge is 0.305 e. The van der Waals surface area contributed by atoms with Crippen molar-refractivity contribution in [1.29, 1.82) is 0 Å². The Bertz CT molecular complexity index is 1920. The van der Waals surface area contributed by atoms with Crippen molar-refractivity contribution in [2.45, 2.75) is 81.6 Å². The molecule has 8 amide bonds. The first-order chi connectivity index (χ1) is 28.8. The minimum atomic E-state index is -1.70. The number of fused-ring (bicyclic) bond motifs is 2. The van der Waals surface area contributed by atoms with Gasteiger partial charge in [0.15, 0.2) is 0 Å². The van der Waals surface area contributed by atoms with Gasteiger partial charge in [-0.3, -0.25) is 43.2 Å². The SMILES string of the molecule is NC(=O)C1CSSCCC(=O)N[C@@H](CCNC(=O)C2CCNCC2)C(=O)NCC(=O)N[C@@H](CC(=O)O)C(=O)N[C@@H](Cc2c[nH]c3ccccc23)C(=O)N2CCC[C@H]2C(=O)N1. The largest absolute Gasteiger partial charge is 0.481 e. The lowest BCUT2D eigenvalue weighted by Crippen LogP contribution is -2.59. The molecule has 5 rings (SSSR count). The van der Waals surface area contributed by atoms with Gasteiger partial charge >= 0.3 is 5.97 Å². The lowest BCUT2D eigenvalue weighted by Gasteiger charge is -2.30. The number of H-pyrrole nitrogens is 1. The van der Waals surface area contributed by atoms with Crippen molar-refractivity contribution >= 4 is 85.7 Å². The van der Waals surface area contributed by atoms with Crippen molar-refractivity contribution in [3.05, 3.63) is 36.0 Å². The van der Waals surface area contributed by atoms with E-state index in [1.54, 1.807) is 12.3 Å². The van der Waals surface area contributed by atoms with Crippen molar-refractivity contribution in [2.24, 2.45) is 11.7 Å². The number of para-hydroxylation sites is 1. The topological polar surface area (TPSA) is 303 Å². The number of benzene rings is 1. The van der Waals surface area contributed by atoms with E-state index in [1.165, 1.54) is 26.5 Å². The molecular weight excluding hydrogens is 821 g/mol. The standard InChI is InChI=1S/C38H52N10O10S2/c39-33(53)28-20-60-59-15-10-30(49)44-25(9-13-41-34(54)21-7-11-40-12-8-21)35(55)43-19-31(50)45-26(17-32(51)52)36(56)46-27(16-22-18-42-24-5-2-1-4-23(22)24)38(58)48-14-3-6-29(48)37(57)47-28/h1-2,4-5,18,21,25-29,40,42H,3,6-17,19-20H2,(H2,39,53)(H,41,54)(H,43,55)(H,44,49)(H,45,50)(H,46,56)(H,47,57)(H,51,52)/t25-,26-,27-,28?,29-/m0/s1. The maximum absolute atomic E-state index is 14.4. The third-order valence-electron chi connectivity index (χ3n) is 10.5. The fraction of sp³-hybridized carbons (Fsp3) is 0.553. The molecule has 1 aromatic heterocycles. The summed E-state index contributed by atoms with van der Waals surface area (Å²) in [6.45, 7) is 0.882. The van der Waals surface area contributed by atoms with Crippen LogP contribution in [0.1, 0.15) is 50.5 Å². The summed E-state index contributed by atoms with van der Waals surface area (Å²) in [7, 11) is 2.42. The molecule has 0 spiro atoms. The van der Waals surface area contributed by atoms with Gasteiger partial charge in [-0.15, -0.1) is 0 Å². The number of aliphatic carboxylic acids is 1. The maximum atomic E-state index is 14.4.